The quantitative estimate of drug-likeness (QED) is 0.736. The minimum atomic E-state index is -0.474. The Morgan fingerprint density at radius 2 is 2.14 bits per heavy atom. The minimum Gasteiger partial charge on any atom is -0.378 e. The van der Waals surface area contributed by atoms with E-state index in [2.05, 4.69) is 5.10 Å². The summed E-state index contributed by atoms with van der Waals surface area (Å²) in [5.41, 5.74) is 0.863. The van der Waals surface area contributed by atoms with Gasteiger partial charge in [-0.15, -0.1) is 0 Å². The summed E-state index contributed by atoms with van der Waals surface area (Å²) in [7, 11) is 1.49. The highest BCUT2D eigenvalue weighted by atomic mass is 16.5. The van der Waals surface area contributed by atoms with Crippen molar-refractivity contribution < 1.29 is 19.1 Å². The molecule has 3 rings (SSSR count). The highest BCUT2D eigenvalue weighted by molar-refractivity contribution is 5.83. The van der Waals surface area contributed by atoms with Crippen LogP contribution in [0.25, 0.3) is 0 Å². The van der Waals surface area contributed by atoms with E-state index in [0.717, 1.165) is 5.69 Å². The maximum Gasteiger partial charge on any atom is 0.249 e. The van der Waals surface area contributed by atoms with Gasteiger partial charge in [-0.25, -0.2) is 0 Å². The molecule has 0 spiro atoms. The Balaban J connectivity index is 1.80. The molecule has 8 heteroatoms. The molecule has 1 aromatic rings. The van der Waals surface area contributed by atoms with Gasteiger partial charge in [0.15, 0.2) is 0 Å². The van der Waals surface area contributed by atoms with Crippen LogP contribution in [0.15, 0.2) is 12.3 Å². The molecule has 8 nitrogen and oxygen atoms in total. The molecule has 1 saturated heterocycles. The zero-order valence-electron chi connectivity index (χ0n) is 12.6. The second kappa shape index (κ2) is 6.45. The normalized spacial score (nSPS) is 21.6. The van der Waals surface area contributed by atoms with Crippen LogP contribution in [0.4, 0.5) is 0 Å². The molecular weight excluding hydrogens is 288 g/mol. The van der Waals surface area contributed by atoms with E-state index in [1.807, 2.05) is 6.07 Å². The van der Waals surface area contributed by atoms with E-state index in [9.17, 15) is 9.59 Å². The van der Waals surface area contributed by atoms with Crippen LogP contribution in [0.2, 0.25) is 0 Å². The molecule has 1 fully saturated rings. The Labute approximate surface area is 128 Å². The number of morpholine rings is 1. The number of rotatable bonds is 3. The molecule has 0 aliphatic carbocycles. The number of ether oxygens (including phenoxy) is 2. The lowest BCUT2D eigenvalue weighted by atomic mass is 10.1. The first-order chi connectivity index (χ1) is 10.7. The lowest BCUT2D eigenvalue weighted by Crippen LogP contribution is -2.51. The molecule has 3 heterocycles. The molecular formula is C14H20N4O4. The van der Waals surface area contributed by atoms with E-state index >= 15 is 0 Å². The van der Waals surface area contributed by atoms with Gasteiger partial charge in [0.05, 0.1) is 32.0 Å². The summed E-state index contributed by atoms with van der Waals surface area (Å²) in [6.45, 7) is 3.07. The molecule has 1 unspecified atom stereocenters. The third-order valence-electron chi connectivity index (χ3n) is 4.02. The zero-order valence-corrected chi connectivity index (χ0v) is 12.6. The maximum absolute atomic E-state index is 12.8. The lowest BCUT2D eigenvalue weighted by Gasteiger charge is -2.36. The first-order valence-corrected chi connectivity index (χ1v) is 7.36. The Morgan fingerprint density at radius 1 is 1.36 bits per heavy atom. The molecule has 1 atom stereocenters. The topological polar surface area (TPSA) is 76.9 Å². The van der Waals surface area contributed by atoms with Crippen LogP contribution in [0, 0.1) is 0 Å². The van der Waals surface area contributed by atoms with Crippen molar-refractivity contribution in [1.82, 2.24) is 19.6 Å². The Morgan fingerprint density at radius 3 is 2.86 bits per heavy atom. The number of hydrogen-bond acceptors (Lipinski definition) is 5. The first kappa shape index (κ1) is 15.0. The van der Waals surface area contributed by atoms with Crippen LogP contribution in [0.3, 0.4) is 0 Å². The first-order valence-electron chi connectivity index (χ1n) is 7.36. The van der Waals surface area contributed by atoms with Gasteiger partial charge in [-0.2, -0.15) is 5.10 Å². The average Bonchev–Trinajstić information content (AvgIpc) is 3.02. The van der Waals surface area contributed by atoms with Crippen LogP contribution >= 0.6 is 0 Å². The summed E-state index contributed by atoms with van der Waals surface area (Å²) < 4.78 is 11.9. The molecule has 0 bridgehead atoms. The molecule has 0 N–H and O–H groups in total. The van der Waals surface area contributed by atoms with Gasteiger partial charge in [-0.1, -0.05) is 0 Å². The van der Waals surface area contributed by atoms with E-state index in [1.54, 1.807) is 20.7 Å². The summed E-state index contributed by atoms with van der Waals surface area (Å²) >= 11 is 0. The van der Waals surface area contributed by atoms with Gasteiger partial charge in [-0.05, 0) is 6.07 Å². The molecule has 22 heavy (non-hydrogen) atoms. The predicted molar refractivity (Wildman–Crippen MR) is 76.0 cm³/mol. The fraction of sp³-hybridized carbons (Fsp3) is 0.643. The van der Waals surface area contributed by atoms with Gasteiger partial charge in [0.2, 0.25) is 11.8 Å². The molecule has 1 aromatic heterocycles. The van der Waals surface area contributed by atoms with Crippen molar-refractivity contribution in [3.8, 4) is 0 Å². The third-order valence-corrected chi connectivity index (χ3v) is 4.02. The van der Waals surface area contributed by atoms with Gasteiger partial charge in [0, 0.05) is 26.4 Å². The second-order valence-electron chi connectivity index (χ2n) is 5.43. The van der Waals surface area contributed by atoms with E-state index in [0.29, 0.717) is 39.4 Å². The van der Waals surface area contributed by atoms with Crippen LogP contribution in [0.1, 0.15) is 11.7 Å². The van der Waals surface area contributed by atoms with Gasteiger partial charge >= 0.3 is 0 Å². The number of carbonyl (C=O) groups excluding carboxylic acids is 2. The monoisotopic (exact) mass is 308 g/mol. The number of nitrogens with zero attached hydrogens (tertiary/aromatic N) is 4. The predicted octanol–water partition coefficient (Wildman–Crippen LogP) is -0.728. The maximum atomic E-state index is 12.8. The van der Waals surface area contributed by atoms with Crippen molar-refractivity contribution in [2.45, 2.75) is 12.6 Å². The third kappa shape index (κ3) is 2.84. The van der Waals surface area contributed by atoms with Crippen molar-refractivity contribution in [1.29, 1.82) is 0 Å². The SMILES string of the molecule is COCC(=O)N1Cc2ccnn2C(C(=O)N2CCOCC2)C1. The van der Waals surface area contributed by atoms with Crippen LogP contribution < -0.4 is 0 Å². The largest absolute Gasteiger partial charge is 0.378 e. The van der Waals surface area contributed by atoms with E-state index in [1.165, 1.54) is 7.11 Å². The zero-order chi connectivity index (χ0) is 15.5. The molecule has 2 aliphatic rings. The van der Waals surface area contributed by atoms with Gasteiger partial charge in [-0.3, -0.25) is 14.3 Å². The summed E-state index contributed by atoms with van der Waals surface area (Å²) in [4.78, 5) is 28.3. The highest BCUT2D eigenvalue weighted by Gasteiger charge is 2.35. The van der Waals surface area contributed by atoms with Gasteiger partial charge in [0.25, 0.3) is 0 Å². The fourth-order valence-electron chi connectivity index (χ4n) is 2.88. The number of fused-ring (bicyclic) bond motifs is 1. The average molecular weight is 308 g/mol. The summed E-state index contributed by atoms with van der Waals surface area (Å²) in [6.07, 6.45) is 1.67. The van der Waals surface area contributed by atoms with E-state index in [-0.39, 0.29) is 18.4 Å². The smallest absolute Gasteiger partial charge is 0.249 e. The summed E-state index contributed by atoms with van der Waals surface area (Å²) in [5, 5.41) is 4.26. The summed E-state index contributed by atoms with van der Waals surface area (Å²) in [6, 6.07) is 1.36. The Hall–Kier alpha value is -1.93. The number of aromatic nitrogens is 2. The number of methoxy groups -OCH3 is 1. The molecule has 0 radical (unpaired) electrons. The van der Waals surface area contributed by atoms with Gasteiger partial charge in [0.1, 0.15) is 12.6 Å². The number of hydrogen-bond donors (Lipinski definition) is 0. The fourth-order valence-corrected chi connectivity index (χ4v) is 2.88. The number of carbonyl (C=O) groups is 2. The standard InChI is InChI=1S/C14H20N4O4/c1-21-10-13(19)17-8-11-2-3-15-18(11)12(9-17)14(20)16-4-6-22-7-5-16/h2-3,12H,4-10H2,1H3. The van der Waals surface area contributed by atoms with Crippen molar-refractivity contribution in [2.24, 2.45) is 0 Å². The molecule has 2 aliphatic heterocycles. The molecule has 120 valence electrons. The van der Waals surface area contributed by atoms with Crippen LogP contribution in [-0.2, 0) is 25.6 Å². The van der Waals surface area contributed by atoms with Crippen LogP contribution in [-0.4, -0.2) is 78.0 Å². The van der Waals surface area contributed by atoms with E-state index < -0.39 is 6.04 Å². The van der Waals surface area contributed by atoms with Crippen molar-refractivity contribution in [3.05, 3.63) is 18.0 Å². The minimum absolute atomic E-state index is 0.0110. The van der Waals surface area contributed by atoms with Crippen molar-refractivity contribution >= 4 is 11.8 Å². The molecule has 2 amide bonds. The van der Waals surface area contributed by atoms with Crippen molar-refractivity contribution in [3.63, 3.8) is 0 Å². The number of amides is 2. The second-order valence-corrected chi connectivity index (χ2v) is 5.43. The van der Waals surface area contributed by atoms with Crippen molar-refractivity contribution in [2.75, 3.05) is 46.6 Å². The summed E-state index contributed by atoms with van der Waals surface area (Å²) in [5.74, 6) is -0.127. The Bertz CT molecular complexity index is 553. The van der Waals surface area contributed by atoms with Crippen LogP contribution in [0.5, 0.6) is 0 Å². The Kier molecular flexibility index (Phi) is 4.39. The molecule has 0 aromatic carbocycles. The lowest BCUT2D eigenvalue weighted by molar-refractivity contribution is -0.144. The van der Waals surface area contributed by atoms with Gasteiger partial charge < -0.3 is 19.3 Å². The highest BCUT2D eigenvalue weighted by Crippen LogP contribution is 2.22. The van der Waals surface area contributed by atoms with E-state index in [4.69, 9.17) is 9.47 Å². The molecule has 0 saturated carbocycles.